The van der Waals surface area contributed by atoms with Gasteiger partial charge in [0.25, 0.3) is 0 Å². The van der Waals surface area contributed by atoms with Gasteiger partial charge in [-0.05, 0) is 24.6 Å². The Morgan fingerprint density at radius 1 is 1.05 bits per heavy atom. The molecule has 1 heterocycles. The van der Waals surface area contributed by atoms with Gasteiger partial charge in [-0.2, -0.15) is 9.97 Å². The van der Waals surface area contributed by atoms with Crippen LogP contribution in [0.2, 0.25) is 0 Å². The molecule has 0 radical (unpaired) electrons. The molecular formula is C12H15N5O2. The van der Waals surface area contributed by atoms with Crippen LogP contribution in [0.15, 0.2) is 18.2 Å². The lowest BCUT2D eigenvalue weighted by Crippen LogP contribution is -2.05. The van der Waals surface area contributed by atoms with E-state index in [4.69, 9.17) is 15.2 Å². The molecule has 0 bridgehead atoms. The SMILES string of the molecule is COc1nc(Nc2cc(C)ccc2N)nc(OC)n1. The van der Waals surface area contributed by atoms with Crippen molar-refractivity contribution < 1.29 is 9.47 Å². The molecule has 2 rings (SSSR count). The van der Waals surface area contributed by atoms with Gasteiger partial charge in [-0.25, -0.2) is 0 Å². The van der Waals surface area contributed by atoms with E-state index in [9.17, 15) is 0 Å². The van der Waals surface area contributed by atoms with E-state index in [-0.39, 0.29) is 12.0 Å². The average Bonchev–Trinajstić information content (AvgIpc) is 2.42. The highest BCUT2D eigenvalue weighted by Gasteiger charge is 2.08. The molecule has 0 saturated heterocycles. The van der Waals surface area contributed by atoms with Gasteiger partial charge in [-0.3, -0.25) is 0 Å². The van der Waals surface area contributed by atoms with E-state index >= 15 is 0 Å². The van der Waals surface area contributed by atoms with Crippen molar-refractivity contribution in [2.75, 3.05) is 25.3 Å². The number of hydrogen-bond donors (Lipinski definition) is 2. The van der Waals surface area contributed by atoms with Gasteiger partial charge in [0, 0.05) is 0 Å². The van der Waals surface area contributed by atoms with Gasteiger partial charge in [-0.15, -0.1) is 4.98 Å². The molecule has 19 heavy (non-hydrogen) atoms. The maximum atomic E-state index is 5.88. The van der Waals surface area contributed by atoms with Crippen LogP contribution in [0.5, 0.6) is 12.0 Å². The molecule has 0 fully saturated rings. The van der Waals surface area contributed by atoms with E-state index in [1.807, 2.05) is 25.1 Å². The number of anilines is 3. The highest BCUT2D eigenvalue weighted by molar-refractivity contribution is 5.70. The first-order valence-electron chi connectivity index (χ1n) is 5.59. The number of nitrogen functional groups attached to an aromatic ring is 1. The molecule has 0 atom stereocenters. The minimum Gasteiger partial charge on any atom is -0.467 e. The predicted molar refractivity (Wildman–Crippen MR) is 71.8 cm³/mol. The molecule has 1 aromatic carbocycles. The van der Waals surface area contributed by atoms with Crippen molar-refractivity contribution in [2.24, 2.45) is 0 Å². The lowest BCUT2D eigenvalue weighted by molar-refractivity contribution is 0.341. The van der Waals surface area contributed by atoms with Crippen molar-refractivity contribution in [3.63, 3.8) is 0 Å². The van der Waals surface area contributed by atoms with Gasteiger partial charge in [0.15, 0.2) is 0 Å². The molecule has 1 aromatic heterocycles. The molecule has 0 aliphatic carbocycles. The third-order valence-corrected chi connectivity index (χ3v) is 2.41. The molecular weight excluding hydrogens is 246 g/mol. The smallest absolute Gasteiger partial charge is 0.324 e. The van der Waals surface area contributed by atoms with Gasteiger partial charge in [0.2, 0.25) is 5.95 Å². The fourth-order valence-electron chi connectivity index (χ4n) is 1.48. The number of aromatic nitrogens is 3. The molecule has 0 aliphatic rings. The first-order chi connectivity index (χ1) is 9.12. The Bertz CT molecular complexity index is 566. The summed E-state index contributed by atoms with van der Waals surface area (Å²) in [6.45, 7) is 1.97. The number of methoxy groups -OCH3 is 2. The zero-order valence-electron chi connectivity index (χ0n) is 11.0. The highest BCUT2D eigenvalue weighted by Crippen LogP contribution is 2.23. The van der Waals surface area contributed by atoms with Gasteiger partial charge < -0.3 is 20.5 Å². The maximum absolute atomic E-state index is 5.88. The lowest BCUT2D eigenvalue weighted by atomic mass is 10.2. The summed E-state index contributed by atoms with van der Waals surface area (Å²) < 4.78 is 9.95. The first-order valence-corrected chi connectivity index (χ1v) is 5.59. The summed E-state index contributed by atoms with van der Waals surface area (Å²) in [7, 11) is 2.94. The lowest BCUT2D eigenvalue weighted by Gasteiger charge is -2.10. The Hall–Kier alpha value is -2.57. The Balaban J connectivity index is 2.34. The Morgan fingerprint density at radius 3 is 2.26 bits per heavy atom. The third kappa shape index (κ3) is 3.01. The number of benzene rings is 1. The number of nitrogens with zero attached hydrogens (tertiary/aromatic N) is 3. The van der Waals surface area contributed by atoms with Crippen molar-refractivity contribution in [1.82, 2.24) is 15.0 Å². The van der Waals surface area contributed by atoms with Crippen LogP contribution in [-0.2, 0) is 0 Å². The molecule has 100 valence electrons. The zero-order valence-corrected chi connectivity index (χ0v) is 11.0. The van der Waals surface area contributed by atoms with Crippen LogP contribution in [0, 0.1) is 6.92 Å². The summed E-state index contributed by atoms with van der Waals surface area (Å²) >= 11 is 0. The number of ether oxygens (including phenoxy) is 2. The largest absolute Gasteiger partial charge is 0.467 e. The molecule has 0 aliphatic heterocycles. The number of nitrogens with one attached hydrogen (secondary N) is 1. The van der Waals surface area contributed by atoms with Crippen LogP contribution < -0.4 is 20.5 Å². The summed E-state index contributed by atoms with van der Waals surface area (Å²) in [5.41, 5.74) is 8.27. The quantitative estimate of drug-likeness (QED) is 0.805. The Kier molecular flexibility index (Phi) is 3.65. The van der Waals surface area contributed by atoms with E-state index in [2.05, 4.69) is 20.3 Å². The number of hydrogen-bond acceptors (Lipinski definition) is 7. The van der Waals surface area contributed by atoms with Crippen LogP contribution in [0.3, 0.4) is 0 Å². The van der Waals surface area contributed by atoms with Crippen molar-refractivity contribution >= 4 is 17.3 Å². The van der Waals surface area contributed by atoms with Gasteiger partial charge in [0.05, 0.1) is 25.6 Å². The van der Waals surface area contributed by atoms with E-state index in [0.717, 1.165) is 11.3 Å². The van der Waals surface area contributed by atoms with E-state index in [0.29, 0.717) is 11.6 Å². The number of rotatable bonds is 4. The molecule has 0 saturated carbocycles. The van der Waals surface area contributed by atoms with Crippen LogP contribution in [0.4, 0.5) is 17.3 Å². The second-order valence-corrected chi connectivity index (χ2v) is 3.85. The maximum Gasteiger partial charge on any atom is 0.324 e. The molecule has 7 nitrogen and oxygen atoms in total. The molecule has 0 amide bonds. The standard InChI is InChI=1S/C12H15N5O2/c1-7-4-5-8(13)9(6-7)14-10-15-11(18-2)17-12(16-10)19-3/h4-6H,13H2,1-3H3,(H,14,15,16,17). The first kappa shape index (κ1) is 12.9. The normalized spacial score (nSPS) is 10.1. The third-order valence-electron chi connectivity index (χ3n) is 2.41. The molecule has 2 aromatic rings. The van der Waals surface area contributed by atoms with Crippen molar-refractivity contribution in [3.05, 3.63) is 23.8 Å². The van der Waals surface area contributed by atoms with Crippen LogP contribution >= 0.6 is 0 Å². The van der Waals surface area contributed by atoms with Crippen LogP contribution in [0.1, 0.15) is 5.56 Å². The summed E-state index contributed by atoms with van der Waals surface area (Å²) in [5, 5.41) is 3.02. The van der Waals surface area contributed by atoms with Gasteiger partial charge in [0.1, 0.15) is 0 Å². The van der Waals surface area contributed by atoms with E-state index in [1.54, 1.807) is 0 Å². The minimum atomic E-state index is 0.167. The molecule has 0 unspecified atom stereocenters. The monoisotopic (exact) mass is 261 g/mol. The van der Waals surface area contributed by atoms with E-state index in [1.165, 1.54) is 14.2 Å². The average molecular weight is 261 g/mol. The summed E-state index contributed by atoms with van der Waals surface area (Å²) in [6.07, 6.45) is 0. The summed E-state index contributed by atoms with van der Waals surface area (Å²) in [5.74, 6) is 0.306. The molecule has 3 N–H and O–H groups in total. The topological polar surface area (TPSA) is 95.2 Å². The highest BCUT2D eigenvalue weighted by atomic mass is 16.5. The fourth-order valence-corrected chi connectivity index (χ4v) is 1.48. The Morgan fingerprint density at radius 2 is 1.68 bits per heavy atom. The van der Waals surface area contributed by atoms with Crippen molar-refractivity contribution in [2.45, 2.75) is 6.92 Å². The summed E-state index contributed by atoms with van der Waals surface area (Å²) in [4.78, 5) is 12.1. The number of nitrogens with two attached hydrogens (primary N) is 1. The predicted octanol–water partition coefficient (Wildman–Crippen LogP) is 1.52. The van der Waals surface area contributed by atoms with Crippen LogP contribution in [0.25, 0.3) is 0 Å². The molecule has 0 spiro atoms. The van der Waals surface area contributed by atoms with Crippen LogP contribution in [-0.4, -0.2) is 29.2 Å². The number of aryl methyl sites for hydroxylation is 1. The molecule has 7 heteroatoms. The second-order valence-electron chi connectivity index (χ2n) is 3.85. The minimum absolute atomic E-state index is 0.167. The zero-order chi connectivity index (χ0) is 13.8. The van der Waals surface area contributed by atoms with Crippen molar-refractivity contribution in [1.29, 1.82) is 0 Å². The van der Waals surface area contributed by atoms with Gasteiger partial charge >= 0.3 is 12.0 Å². The summed E-state index contributed by atoms with van der Waals surface area (Å²) in [6, 6.07) is 5.97. The fraction of sp³-hybridized carbons (Fsp3) is 0.250. The second kappa shape index (κ2) is 5.38. The van der Waals surface area contributed by atoms with E-state index < -0.39 is 0 Å². The Labute approximate surface area is 110 Å². The van der Waals surface area contributed by atoms with Gasteiger partial charge in [-0.1, -0.05) is 6.07 Å². The van der Waals surface area contributed by atoms with Crippen molar-refractivity contribution in [3.8, 4) is 12.0 Å².